The molecule has 0 atom stereocenters. The molecule has 0 aliphatic carbocycles. The van der Waals surface area contributed by atoms with Crippen molar-refractivity contribution < 1.29 is 22.6 Å². The van der Waals surface area contributed by atoms with E-state index in [4.69, 9.17) is 19.9 Å². The third-order valence-electron chi connectivity index (χ3n) is 3.97. The van der Waals surface area contributed by atoms with Gasteiger partial charge in [-0.3, -0.25) is 0 Å². The third-order valence-corrected chi connectivity index (χ3v) is 5.56. The second kappa shape index (κ2) is 7.20. The maximum atomic E-state index is 13.0. The molecule has 1 aromatic heterocycles. The zero-order valence-corrected chi connectivity index (χ0v) is 15.9. The normalized spacial score (nSPS) is 11.2. The van der Waals surface area contributed by atoms with Crippen molar-refractivity contribution in [1.82, 2.24) is 9.19 Å². The molecule has 2 N–H and O–H groups in total. The van der Waals surface area contributed by atoms with Crippen LogP contribution in [0.4, 0.5) is 5.82 Å². The number of nitrogen functional groups attached to an aromatic ring is 1. The first-order chi connectivity index (χ1) is 12.9. The fraction of sp³-hybridized carbons (Fsp3) is 0.167. The van der Waals surface area contributed by atoms with Crippen LogP contribution in [0.25, 0.3) is 11.3 Å². The molecule has 0 aliphatic heterocycles. The minimum atomic E-state index is -4.03. The van der Waals surface area contributed by atoms with Crippen molar-refractivity contribution in [3.63, 3.8) is 0 Å². The summed E-state index contributed by atoms with van der Waals surface area (Å²) in [4.78, 5) is -0.0264. The molecule has 8 nitrogen and oxygen atoms in total. The molecule has 0 unspecified atom stereocenters. The van der Waals surface area contributed by atoms with Crippen LogP contribution in [0.1, 0.15) is 0 Å². The molecule has 0 spiro atoms. The molecule has 1 heterocycles. The molecule has 0 fully saturated rings. The minimum Gasteiger partial charge on any atom is -0.496 e. The lowest BCUT2D eigenvalue weighted by Crippen LogP contribution is -2.17. The number of aromatic nitrogens is 2. The van der Waals surface area contributed by atoms with Gasteiger partial charge in [0.25, 0.3) is 10.0 Å². The summed E-state index contributed by atoms with van der Waals surface area (Å²) in [7, 11) is 0.394. The third kappa shape index (κ3) is 3.28. The van der Waals surface area contributed by atoms with Crippen molar-refractivity contribution in [1.29, 1.82) is 0 Å². The quantitative estimate of drug-likeness (QED) is 0.690. The number of methoxy groups -OCH3 is 3. The molecule has 0 saturated heterocycles. The van der Waals surface area contributed by atoms with E-state index < -0.39 is 10.0 Å². The summed E-state index contributed by atoms with van der Waals surface area (Å²) in [6.07, 6.45) is 0. The number of hydrogen-bond donors (Lipinski definition) is 1. The molecular formula is C18H19N3O5S. The van der Waals surface area contributed by atoms with E-state index in [0.717, 1.165) is 4.09 Å². The molecule has 0 amide bonds. The molecule has 9 heteroatoms. The SMILES string of the molecule is COc1ccc(S(=O)(=O)n2nc(-c3ccccc3OC)cc2N)cc1OC. The second-order valence-electron chi connectivity index (χ2n) is 5.52. The fourth-order valence-electron chi connectivity index (χ4n) is 2.64. The molecule has 0 saturated carbocycles. The Balaban J connectivity index is 2.10. The smallest absolute Gasteiger partial charge is 0.285 e. The molecule has 27 heavy (non-hydrogen) atoms. The molecule has 3 aromatic rings. The van der Waals surface area contributed by atoms with Crippen LogP contribution in [0, 0.1) is 0 Å². The van der Waals surface area contributed by atoms with Gasteiger partial charge in [0.2, 0.25) is 0 Å². The van der Waals surface area contributed by atoms with E-state index in [9.17, 15) is 8.42 Å². The summed E-state index contributed by atoms with van der Waals surface area (Å²) < 4.78 is 42.4. The van der Waals surface area contributed by atoms with Gasteiger partial charge in [0.1, 0.15) is 11.6 Å². The molecule has 2 aromatic carbocycles. The largest absolute Gasteiger partial charge is 0.496 e. The number of hydrogen-bond acceptors (Lipinski definition) is 7. The van der Waals surface area contributed by atoms with E-state index >= 15 is 0 Å². The van der Waals surface area contributed by atoms with Gasteiger partial charge in [-0.25, -0.2) is 0 Å². The lowest BCUT2D eigenvalue weighted by atomic mass is 10.1. The Morgan fingerprint density at radius 1 is 0.889 bits per heavy atom. The van der Waals surface area contributed by atoms with Crippen LogP contribution in [0.3, 0.4) is 0 Å². The van der Waals surface area contributed by atoms with Gasteiger partial charge in [0.15, 0.2) is 11.5 Å². The summed E-state index contributed by atoms with van der Waals surface area (Å²) >= 11 is 0. The van der Waals surface area contributed by atoms with E-state index in [0.29, 0.717) is 22.8 Å². The van der Waals surface area contributed by atoms with Crippen molar-refractivity contribution in [2.24, 2.45) is 0 Å². The van der Waals surface area contributed by atoms with E-state index in [1.165, 1.54) is 45.6 Å². The number of benzene rings is 2. The van der Waals surface area contributed by atoms with Gasteiger partial charge in [0, 0.05) is 17.7 Å². The number of nitrogens with two attached hydrogens (primary N) is 1. The number of para-hydroxylation sites is 1. The molecule has 0 radical (unpaired) electrons. The monoisotopic (exact) mass is 389 g/mol. The van der Waals surface area contributed by atoms with Crippen molar-refractivity contribution in [3.05, 3.63) is 48.5 Å². The number of ether oxygens (including phenoxy) is 3. The van der Waals surface area contributed by atoms with Crippen molar-refractivity contribution >= 4 is 15.8 Å². The zero-order valence-electron chi connectivity index (χ0n) is 15.0. The van der Waals surface area contributed by atoms with Gasteiger partial charge >= 0.3 is 0 Å². The summed E-state index contributed by atoms with van der Waals surface area (Å²) in [5.41, 5.74) is 6.96. The van der Waals surface area contributed by atoms with E-state index in [1.807, 2.05) is 6.07 Å². The lowest BCUT2D eigenvalue weighted by Gasteiger charge is -2.11. The maximum Gasteiger partial charge on any atom is 0.285 e. The minimum absolute atomic E-state index is 0.0225. The molecule has 0 bridgehead atoms. The molecule has 3 rings (SSSR count). The first-order valence-corrected chi connectivity index (χ1v) is 9.33. The van der Waals surface area contributed by atoms with Crippen molar-refractivity contribution in [2.75, 3.05) is 27.1 Å². The molecule has 0 aliphatic rings. The topological polar surface area (TPSA) is 106 Å². The average Bonchev–Trinajstić information content (AvgIpc) is 3.09. The fourth-order valence-corrected chi connectivity index (χ4v) is 3.86. The maximum absolute atomic E-state index is 13.0. The number of nitrogens with zero attached hydrogens (tertiary/aromatic N) is 2. The van der Waals surface area contributed by atoms with Crippen molar-refractivity contribution in [2.45, 2.75) is 4.90 Å². The van der Waals surface area contributed by atoms with Gasteiger partial charge in [-0.2, -0.15) is 13.5 Å². The standard InChI is InChI=1S/C18H19N3O5S/c1-24-15-7-5-4-6-13(15)14-11-18(19)21(20-14)27(22,23)12-8-9-16(25-2)17(10-12)26-3/h4-11H,19H2,1-3H3. The number of anilines is 1. The zero-order chi connectivity index (χ0) is 19.6. The highest BCUT2D eigenvalue weighted by molar-refractivity contribution is 7.90. The molecular weight excluding hydrogens is 370 g/mol. The van der Waals surface area contributed by atoms with Crippen LogP contribution < -0.4 is 19.9 Å². The van der Waals surface area contributed by atoms with Gasteiger partial charge in [-0.05, 0) is 24.3 Å². The Bertz CT molecular complexity index is 1080. The highest BCUT2D eigenvalue weighted by atomic mass is 32.2. The second-order valence-corrected chi connectivity index (χ2v) is 7.29. The summed E-state index contributed by atoms with van der Waals surface area (Å²) in [6.45, 7) is 0. The van der Waals surface area contributed by atoms with Crippen LogP contribution in [-0.2, 0) is 10.0 Å². The van der Waals surface area contributed by atoms with Crippen LogP contribution in [-0.4, -0.2) is 38.9 Å². The Morgan fingerprint density at radius 2 is 1.56 bits per heavy atom. The first kappa shape index (κ1) is 18.6. The van der Waals surface area contributed by atoms with Crippen molar-refractivity contribution in [3.8, 4) is 28.5 Å². The van der Waals surface area contributed by atoms with Crippen LogP contribution in [0.2, 0.25) is 0 Å². The van der Waals surface area contributed by atoms with E-state index in [-0.39, 0.29) is 16.5 Å². The predicted molar refractivity (Wildman–Crippen MR) is 101 cm³/mol. The predicted octanol–water partition coefficient (Wildman–Crippen LogP) is 2.40. The Morgan fingerprint density at radius 3 is 2.22 bits per heavy atom. The molecule has 142 valence electrons. The summed E-state index contributed by atoms with van der Waals surface area (Å²) in [5.74, 6) is 1.24. The van der Waals surface area contributed by atoms with E-state index in [2.05, 4.69) is 5.10 Å². The average molecular weight is 389 g/mol. The first-order valence-electron chi connectivity index (χ1n) is 7.89. The highest BCUT2D eigenvalue weighted by Crippen LogP contribution is 2.33. The Labute approximate surface area is 157 Å². The van der Waals surface area contributed by atoms with Gasteiger partial charge in [0.05, 0.1) is 31.9 Å². The van der Waals surface area contributed by atoms with Gasteiger partial charge in [-0.15, -0.1) is 4.09 Å². The Hall–Kier alpha value is -3.20. The highest BCUT2D eigenvalue weighted by Gasteiger charge is 2.24. The van der Waals surface area contributed by atoms with Crippen LogP contribution >= 0.6 is 0 Å². The van der Waals surface area contributed by atoms with Gasteiger partial charge in [-0.1, -0.05) is 12.1 Å². The Kier molecular flexibility index (Phi) is 4.95. The van der Waals surface area contributed by atoms with E-state index in [1.54, 1.807) is 18.2 Å². The van der Waals surface area contributed by atoms with Crippen LogP contribution in [0.5, 0.6) is 17.2 Å². The summed E-state index contributed by atoms with van der Waals surface area (Å²) in [6, 6.07) is 12.9. The van der Waals surface area contributed by atoms with Crippen LogP contribution in [0.15, 0.2) is 53.4 Å². The summed E-state index contributed by atoms with van der Waals surface area (Å²) in [5, 5.41) is 4.19. The lowest BCUT2D eigenvalue weighted by molar-refractivity contribution is 0.354. The number of rotatable bonds is 6. The van der Waals surface area contributed by atoms with Gasteiger partial charge < -0.3 is 19.9 Å².